The molecule has 0 radical (unpaired) electrons. The van der Waals surface area contributed by atoms with Gasteiger partial charge in [-0.15, -0.1) is 0 Å². The standard InChI is InChI=1S/C13H12N2/c1-2-5-9-12(8-4-1)14-15-13-10-6-3-7-11-13/h1,3-11H,2H2. The molecule has 1 aliphatic carbocycles. The molecule has 0 heterocycles. The zero-order valence-corrected chi connectivity index (χ0v) is 8.38. The fraction of sp³-hybridized carbons (Fsp3) is 0.0769. The number of allylic oxidation sites excluding steroid dienone is 5. The molecule has 0 saturated carbocycles. The topological polar surface area (TPSA) is 24.7 Å². The van der Waals surface area contributed by atoms with Gasteiger partial charge in [0.2, 0.25) is 0 Å². The van der Waals surface area contributed by atoms with Crippen LogP contribution >= 0.6 is 0 Å². The highest BCUT2D eigenvalue weighted by atomic mass is 15.1. The molecule has 0 N–H and O–H groups in total. The molecule has 0 spiro atoms. The number of benzene rings is 1. The number of azo groups is 1. The summed E-state index contributed by atoms with van der Waals surface area (Å²) in [5.41, 5.74) is 1.76. The molecule has 1 aromatic carbocycles. The van der Waals surface area contributed by atoms with Crippen molar-refractivity contribution in [1.82, 2.24) is 0 Å². The molecule has 15 heavy (non-hydrogen) atoms. The van der Waals surface area contributed by atoms with E-state index in [2.05, 4.69) is 22.4 Å². The molecule has 0 aromatic heterocycles. The van der Waals surface area contributed by atoms with Gasteiger partial charge in [0.15, 0.2) is 0 Å². The Morgan fingerprint density at radius 2 is 1.80 bits per heavy atom. The summed E-state index contributed by atoms with van der Waals surface area (Å²) in [7, 11) is 0. The molecular weight excluding hydrogens is 184 g/mol. The van der Waals surface area contributed by atoms with Gasteiger partial charge in [-0.1, -0.05) is 36.4 Å². The van der Waals surface area contributed by atoms with Crippen LogP contribution in [0.4, 0.5) is 5.69 Å². The lowest BCUT2D eigenvalue weighted by atomic mass is 10.3. The van der Waals surface area contributed by atoms with Gasteiger partial charge in [0, 0.05) is 0 Å². The second-order valence-electron chi connectivity index (χ2n) is 3.19. The lowest BCUT2D eigenvalue weighted by molar-refractivity contribution is 1.17. The lowest BCUT2D eigenvalue weighted by Crippen LogP contribution is -1.68. The summed E-state index contributed by atoms with van der Waals surface area (Å²) in [5.74, 6) is 0. The van der Waals surface area contributed by atoms with Gasteiger partial charge >= 0.3 is 0 Å². The van der Waals surface area contributed by atoms with Crippen molar-refractivity contribution in [2.45, 2.75) is 6.42 Å². The third-order valence-electron chi connectivity index (χ3n) is 2.00. The molecule has 0 fully saturated rings. The fourth-order valence-corrected chi connectivity index (χ4v) is 1.24. The van der Waals surface area contributed by atoms with Gasteiger partial charge in [0.05, 0.1) is 11.4 Å². The van der Waals surface area contributed by atoms with Crippen molar-refractivity contribution < 1.29 is 0 Å². The van der Waals surface area contributed by atoms with Crippen molar-refractivity contribution in [3.05, 3.63) is 66.4 Å². The maximum Gasteiger partial charge on any atom is 0.0857 e. The van der Waals surface area contributed by atoms with Crippen LogP contribution < -0.4 is 0 Å². The first-order valence-corrected chi connectivity index (χ1v) is 4.95. The van der Waals surface area contributed by atoms with Gasteiger partial charge in [-0.05, 0) is 30.7 Å². The van der Waals surface area contributed by atoms with Crippen LogP contribution in [0.15, 0.2) is 76.6 Å². The highest BCUT2D eigenvalue weighted by Gasteiger charge is 1.90. The zero-order valence-electron chi connectivity index (χ0n) is 8.38. The van der Waals surface area contributed by atoms with Crippen molar-refractivity contribution in [3.63, 3.8) is 0 Å². The summed E-state index contributed by atoms with van der Waals surface area (Å²) in [6.07, 6.45) is 11.0. The predicted octanol–water partition coefficient (Wildman–Crippen LogP) is 4.17. The van der Waals surface area contributed by atoms with E-state index < -0.39 is 0 Å². The zero-order chi connectivity index (χ0) is 10.3. The van der Waals surface area contributed by atoms with Crippen LogP contribution in [0.3, 0.4) is 0 Å². The second-order valence-corrected chi connectivity index (χ2v) is 3.19. The van der Waals surface area contributed by atoms with Crippen molar-refractivity contribution in [2.75, 3.05) is 0 Å². The second kappa shape index (κ2) is 5.05. The highest BCUT2D eigenvalue weighted by molar-refractivity contribution is 5.35. The first-order chi connectivity index (χ1) is 7.45. The molecule has 0 aliphatic heterocycles. The minimum atomic E-state index is 0.875. The van der Waals surface area contributed by atoms with E-state index in [1.165, 1.54) is 0 Å². The van der Waals surface area contributed by atoms with E-state index in [0.717, 1.165) is 17.8 Å². The Labute approximate surface area is 89.4 Å². The Morgan fingerprint density at radius 1 is 0.933 bits per heavy atom. The minimum Gasteiger partial charge on any atom is -0.151 e. The minimum absolute atomic E-state index is 0.875. The SMILES string of the molecule is C1=CCC=CC(N=Nc2ccccc2)=C1. The van der Waals surface area contributed by atoms with E-state index >= 15 is 0 Å². The molecule has 2 nitrogen and oxygen atoms in total. The van der Waals surface area contributed by atoms with Crippen LogP contribution in [0.25, 0.3) is 0 Å². The van der Waals surface area contributed by atoms with Gasteiger partial charge < -0.3 is 0 Å². The maximum absolute atomic E-state index is 4.16. The highest BCUT2D eigenvalue weighted by Crippen LogP contribution is 2.14. The summed E-state index contributed by atoms with van der Waals surface area (Å²) in [4.78, 5) is 0. The Bertz CT molecular complexity index is 425. The van der Waals surface area contributed by atoms with Crippen LogP contribution in [0.5, 0.6) is 0 Å². The molecule has 2 rings (SSSR count). The quantitative estimate of drug-likeness (QED) is 0.634. The smallest absolute Gasteiger partial charge is 0.0857 e. The van der Waals surface area contributed by atoms with Crippen molar-refractivity contribution in [3.8, 4) is 0 Å². The molecule has 0 atom stereocenters. The Kier molecular flexibility index (Phi) is 3.23. The Balaban J connectivity index is 2.12. The third-order valence-corrected chi connectivity index (χ3v) is 2.00. The van der Waals surface area contributed by atoms with E-state index in [-0.39, 0.29) is 0 Å². The van der Waals surface area contributed by atoms with E-state index in [1.54, 1.807) is 0 Å². The van der Waals surface area contributed by atoms with Crippen LogP contribution in [-0.4, -0.2) is 0 Å². The van der Waals surface area contributed by atoms with Crippen molar-refractivity contribution in [1.29, 1.82) is 0 Å². The molecule has 2 heteroatoms. The van der Waals surface area contributed by atoms with Crippen molar-refractivity contribution >= 4 is 5.69 Å². The Morgan fingerprint density at radius 3 is 2.67 bits per heavy atom. The lowest BCUT2D eigenvalue weighted by Gasteiger charge is -1.91. The summed E-state index contributed by atoms with van der Waals surface area (Å²) in [5, 5.41) is 8.30. The maximum atomic E-state index is 4.16. The summed E-state index contributed by atoms with van der Waals surface area (Å²) >= 11 is 0. The van der Waals surface area contributed by atoms with Gasteiger partial charge in [0.25, 0.3) is 0 Å². The van der Waals surface area contributed by atoms with Crippen LogP contribution in [0.2, 0.25) is 0 Å². The normalized spacial score (nSPS) is 15.3. The van der Waals surface area contributed by atoms with Gasteiger partial charge in [-0.2, -0.15) is 10.2 Å². The van der Waals surface area contributed by atoms with E-state index in [9.17, 15) is 0 Å². The first-order valence-electron chi connectivity index (χ1n) is 4.95. The van der Waals surface area contributed by atoms with Crippen LogP contribution in [0, 0.1) is 0 Å². The first kappa shape index (κ1) is 9.59. The monoisotopic (exact) mass is 196 g/mol. The number of rotatable bonds is 2. The van der Waals surface area contributed by atoms with Gasteiger partial charge in [-0.25, -0.2) is 0 Å². The largest absolute Gasteiger partial charge is 0.151 e. The van der Waals surface area contributed by atoms with Gasteiger partial charge in [-0.3, -0.25) is 0 Å². The van der Waals surface area contributed by atoms with Crippen LogP contribution in [0.1, 0.15) is 6.42 Å². The summed E-state index contributed by atoms with van der Waals surface area (Å²) in [6, 6.07) is 9.73. The predicted molar refractivity (Wildman–Crippen MR) is 61.9 cm³/mol. The molecule has 0 unspecified atom stereocenters. The average Bonchev–Trinajstić information content (AvgIpc) is 2.56. The number of nitrogens with zero attached hydrogens (tertiary/aromatic N) is 2. The molecule has 0 bridgehead atoms. The molecule has 1 aromatic rings. The molecule has 74 valence electrons. The summed E-state index contributed by atoms with van der Waals surface area (Å²) in [6.45, 7) is 0. The van der Waals surface area contributed by atoms with Crippen molar-refractivity contribution in [2.24, 2.45) is 10.2 Å². The molecule has 1 aliphatic rings. The van der Waals surface area contributed by atoms with E-state index in [1.807, 2.05) is 48.6 Å². The average molecular weight is 196 g/mol. The van der Waals surface area contributed by atoms with E-state index in [4.69, 9.17) is 0 Å². The summed E-state index contributed by atoms with van der Waals surface area (Å²) < 4.78 is 0. The van der Waals surface area contributed by atoms with Gasteiger partial charge in [0.1, 0.15) is 0 Å². The molecule has 0 amide bonds. The molecular formula is C13H12N2. The molecule has 0 saturated heterocycles. The Hall–Kier alpha value is -1.96. The van der Waals surface area contributed by atoms with E-state index in [0.29, 0.717) is 0 Å². The fourth-order valence-electron chi connectivity index (χ4n) is 1.24. The number of hydrogen-bond acceptors (Lipinski definition) is 2. The van der Waals surface area contributed by atoms with Crippen LogP contribution in [-0.2, 0) is 0 Å². The number of hydrogen-bond donors (Lipinski definition) is 0. The third kappa shape index (κ3) is 3.02.